The van der Waals surface area contributed by atoms with Crippen LogP contribution in [-0.4, -0.2) is 36.0 Å². The number of carbonyl (C=O) groups is 1. The lowest BCUT2D eigenvalue weighted by molar-refractivity contribution is -0.390. The molecule has 1 rings (SSSR count). The lowest BCUT2D eigenvalue weighted by Crippen LogP contribution is -2.19. The quantitative estimate of drug-likeness (QED) is 0.466. The standard InChI is InChI=1S/C10H9F3N2O6/c1-3-20-9(16)7-5(19-2)4-6(21-10(11,12)13)14-8(7)15(17)18/h4H,3H2,1-2H3. The van der Waals surface area contributed by atoms with Crippen molar-refractivity contribution in [3.05, 3.63) is 21.7 Å². The first-order chi connectivity index (χ1) is 9.69. The average Bonchev–Trinajstić information content (AvgIpc) is 2.35. The van der Waals surface area contributed by atoms with Crippen LogP contribution in [0.25, 0.3) is 0 Å². The lowest BCUT2D eigenvalue weighted by atomic mass is 10.2. The van der Waals surface area contributed by atoms with Gasteiger partial charge in [0.2, 0.25) is 0 Å². The molecular weight excluding hydrogens is 301 g/mol. The van der Waals surface area contributed by atoms with E-state index in [2.05, 4.69) is 19.2 Å². The van der Waals surface area contributed by atoms with Crippen LogP contribution in [0.3, 0.4) is 0 Å². The van der Waals surface area contributed by atoms with Gasteiger partial charge in [0, 0.05) is 4.98 Å². The molecule has 1 aromatic rings. The number of hydrogen-bond donors (Lipinski definition) is 0. The van der Waals surface area contributed by atoms with Crippen LogP contribution in [0, 0.1) is 10.1 Å². The number of hydrogen-bond acceptors (Lipinski definition) is 7. The number of nitrogens with zero attached hydrogens (tertiary/aromatic N) is 2. The van der Waals surface area contributed by atoms with E-state index in [0.717, 1.165) is 7.11 Å². The molecule has 8 nitrogen and oxygen atoms in total. The van der Waals surface area contributed by atoms with Crippen molar-refractivity contribution in [2.75, 3.05) is 13.7 Å². The van der Waals surface area contributed by atoms with Crippen molar-refractivity contribution >= 4 is 11.8 Å². The van der Waals surface area contributed by atoms with Gasteiger partial charge in [0.15, 0.2) is 5.56 Å². The highest BCUT2D eigenvalue weighted by Crippen LogP contribution is 2.33. The Balaban J connectivity index is 3.43. The van der Waals surface area contributed by atoms with Crippen LogP contribution < -0.4 is 9.47 Å². The van der Waals surface area contributed by atoms with E-state index >= 15 is 0 Å². The molecule has 0 atom stereocenters. The Hall–Kier alpha value is -2.59. The number of carbonyl (C=O) groups excluding carboxylic acids is 1. The summed E-state index contributed by atoms with van der Waals surface area (Å²) < 4.78 is 49.1. The number of rotatable bonds is 5. The zero-order chi connectivity index (χ0) is 16.2. The molecule has 0 aliphatic rings. The molecule has 0 radical (unpaired) electrons. The van der Waals surface area contributed by atoms with Crippen molar-refractivity contribution in [2.45, 2.75) is 13.3 Å². The molecule has 21 heavy (non-hydrogen) atoms. The minimum atomic E-state index is -5.10. The average molecular weight is 310 g/mol. The molecule has 0 aliphatic heterocycles. The molecule has 11 heteroatoms. The third kappa shape index (κ3) is 4.19. The van der Waals surface area contributed by atoms with Gasteiger partial charge < -0.3 is 24.3 Å². The molecule has 0 fully saturated rings. The monoisotopic (exact) mass is 310 g/mol. The second-order valence-corrected chi connectivity index (χ2v) is 3.39. The Kier molecular flexibility index (Phi) is 4.89. The third-order valence-electron chi connectivity index (χ3n) is 2.03. The van der Waals surface area contributed by atoms with Gasteiger partial charge in [-0.15, -0.1) is 13.2 Å². The smallest absolute Gasteiger partial charge is 0.495 e. The molecule has 1 aromatic heterocycles. The Bertz CT molecular complexity index is 560. The summed E-state index contributed by atoms with van der Waals surface area (Å²) in [5, 5.41) is 10.9. The second kappa shape index (κ2) is 6.24. The topological polar surface area (TPSA) is 101 Å². The Morgan fingerprint density at radius 2 is 2.10 bits per heavy atom. The van der Waals surface area contributed by atoms with Gasteiger partial charge in [-0.25, -0.2) is 4.79 Å². The first kappa shape index (κ1) is 16.5. The summed E-state index contributed by atoms with van der Waals surface area (Å²) in [5.41, 5.74) is -0.695. The molecule has 0 aromatic carbocycles. The molecule has 116 valence electrons. The first-order valence-electron chi connectivity index (χ1n) is 5.35. The molecule has 0 N–H and O–H groups in total. The number of pyridine rings is 1. The van der Waals surface area contributed by atoms with Gasteiger partial charge in [0.05, 0.1) is 19.8 Å². The fourth-order valence-corrected chi connectivity index (χ4v) is 1.35. The van der Waals surface area contributed by atoms with E-state index in [1.54, 1.807) is 0 Å². The SMILES string of the molecule is CCOC(=O)c1c(OC)cc(OC(F)(F)F)nc1[N+](=O)[O-]. The van der Waals surface area contributed by atoms with Crippen molar-refractivity contribution in [1.29, 1.82) is 0 Å². The van der Waals surface area contributed by atoms with Crippen LogP contribution in [0.15, 0.2) is 6.07 Å². The van der Waals surface area contributed by atoms with Crippen molar-refractivity contribution < 1.29 is 37.1 Å². The summed E-state index contributed by atoms with van der Waals surface area (Å²) in [7, 11) is 1.01. The largest absolute Gasteiger partial charge is 0.575 e. The van der Waals surface area contributed by atoms with Crippen LogP contribution >= 0.6 is 0 Å². The van der Waals surface area contributed by atoms with Gasteiger partial charge in [-0.05, 0) is 11.8 Å². The van der Waals surface area contributed by atoms with E-state index in [-0.39, 0.29) is 6.61 Å². The summed E-state index contributed by atoms with van der Waals surface area (Å²) in [4.78, 5) is 24.4. The highest BCUT2D eigenvalue weighted by molar-refractivity contribution is 5.96. The predicted molar refractivity (Wildman–Crippen MR) is 60.1 cm³/mol. The number of esters is 1. The van der Waals surface area contributed by atoms with E-state index in [1.807, 2.05) is 0 Å². The molecule has 1 heterocycles. The molecule has 0 aliphatic carbocycles. The number of alkyl halides is 3. The molecule has 0 bridgehead atoms. The van der Waals surface area contributed by atoms with E-state index in [4.69, 9.17) is 0 Å². The maximum atomic E-state index is 12.1. The van der Waals surface area contributed by atoms with Crippen molar-refractivity contribution in [3.8, 4) is 11.6 Å². The molecular formula is C10H9F3N2O6. The van der Waals surface area contributed by atoms with Crippen molar-refractivity contribution in [1.82, 2.24) is 4.98 Å². The third-order valence-corrected chi connectivity index (χ3v) is 2.03. The van der Waals surface area contributed by atoms with Crippen molar-refractivity contribution in [3.63, 3.8) is 0 Å². The summed E-state index contributed by atoms with van der Waals surface area (Å²) in [6.45, 7) is 1.35. The molecule has 0 saturated carbocycles. The molecule has 0 spiro atoms. The fraction of sp³-hybridized carbons (Fsp3) is 0.400. The van der Waals surface area contributed by atoms with Crippen LogP contribution in [0.4, 0.5) is 19.0 Å². The number of ether oxygens (including phenoxy) is 3. The van der Waals surface area contributed by atoms with E-state index in [1.165, 1.54) is 6.92 Å². The van der Waals surface area contributed by atoms with Crippen LogP contribution in [-0.2, 0) is 4.74 Å². The number of halogens is 3. The minimum absolute atomic E-state index is 0.0973. The Labute approximate surface area is 115 Å². The Morgan fingerprint density at radius 1 is 1.48 bits per heavy atom. The van der Waals surface area contributed by atoms with Crippen LogP contribution in [0.1, 0.15) is 17.3 Å². The molecule has 0 unspecified atom stereocenters. The van der Waals surface area contributed by atoms with E-state index < -0.39 is 40.3 Å². The van der Waals surface area contributed by atoms with Gasteiger partial charge in [0.1, 0.15) is 5.75 Å². The fourth-order valence-electron chi connectivity index (χ4n) is 1.35. The van der Waals surface area contributed by atoms with Gasteiger partial charge in [-0.2, -0.15) is 0 Å². The van der Waals surface area contributed by atoms with Gasteiger partial charge in [-0.1, -0.05) is 0 Å². The normalized spacial score (nSPS) is 10.9. The van der Waals surface area contributed by atoms with Gasteiger partial charge in [0.25, 0.3) is 0 Å². The van der Waals surface area contributed by atoms with Gasteiger partial charge >= 0.3 is 24.0 Å². The number of nitro groups is 1. The lowest BCUT2D eigenvalue weighted by Gasteiger charge is -2.10. The molecule has 0 amide bonds. The highest BCUT2D eigenvalue weighted by atomic mass is 19.4. The van der Waals surface area contributed by atoms with Crippen LogP contribution in [0.2, 0.25) is 0 Å². The summed E-state index contributed by atoms with van der Waals surface area (Å²) in [5.74, 6) is -3.95. The number of aromatic nitrogens is 1. The summed E-state index contributed by atoms with van der Waals surface area (Å²) in [6.07, 6.45) is -5.10. The minimum Gasteiger partial charge on any atom is -0.495 e. The first-order valence-corrected chi connectivity index (χ1v) is 5.35. The maximum absolute atomic E-state index is 12.1. The van der Waals surface area contributed by atoms with E-state index in [9.17, 15) is 28.1 Å². The van der Waals surface area contributed by atoms with Gasteiger partial charge in [-0.3, -0.25) is 0 Å². The zero-order valence-electron chi connectivity index (χ0n) is 10.8. The van der Waals surface area contributed by atoms with E-state index in [0.29, 0.717) is 6.07 Å². The number of methoxy groups -OCH3 is 1. The summed E-state index contributed by atoms with van der Waals surface area (Å²) >= 11 is 0. The highest BCUT2D eigenvalue weighted by Gasteiger charge is 2.37. The molecule has 0 saturated heterocycles. The zero-order valence-corrected chi connectivity index (χ0v) is 10.8. The van der Waals surface area contributed by atoms with Crippen LogP contribution in [0.5, 0.6) is 11.6 Å². The predicted octanol–water partition coefficient (Wildman–Crippen LogP) is 2.07. The van der Waals surface area contributed by atoms with Crippen molar-refractivity contribution in [2.24, 2.45) is 0 Å². The Morgan fingerprint density at radius 3 is 2.52 bits per heavy atom. The second-order valence-electron chi connectivity index (χ2n) is 3.39. The maximum Gasteiger partial charge on any atom is 0.575 e. The summed E-state index contributed by atoms with van der Waals surface area (Å²) in [6, 6.07) is 0.604.